The normalized spacial score (nSPS) is 24.8. The van der Waals surface area contributed by atoms with Gasteiger partial charge in [0.15, 0.2) is 0 Å². The van der Waals surface area contributed by atoms with Crippen LogP contribution in [0.1, 0.15) is 19.8 Å². The second kappa shape index (κ2) is 5.72. The van der Waals surface area contributed by atoms with Gasteiger partial charge in [-0.05, 0) is 6.42 Å². The van der Waals surface area contributed by atoms with E-state index in [4.69, 9.17) is 5.73 Å². The summed E-state index contributed by atoms with van der Waals surface area (Å²) in [6.07, 6.45) is 2.09. The van der Waals surface area contributed by atoms with E-state index < -0.39 is 0 Å². The molecule has 0 aliphatic carbocycles. The van der Waals surface area contributed by atoms with Gasteiger partial charge < -0.3 is 5.73 Å². The number of amidine groups is 1. The Morgan fingerprint density at radius 3 is 3.09 bits per heavy atom. The lowest BCUT2D eigenvalue weighted by Crippen LogP contribution is -2.15. The molecule has 0 bridgehead atoms. The highest BCUT2D eigenvalue weighted by Gasteiger charge is 2.08. The highest BCUT2D eigenvalue weighted by molar-refractivity contribution is 7.99. The Labute approximate surface area is 78.4 Å². The molecular weight excluding hydrogens is 180 g/mol. The van der Waals surface area contributed by atoms with Crippen LogP contribution < -0.4 is 5.73 Å². The number of nitrogens with two attached hydrogens (primary N) is 1. The predicted octanol–water partition coefficient (Wildman–Crippen LogP) is 1.68. The van der Waals surface area contributed by atoms with E-state index >= 15 is 0 Å². The van der Waals surface area contributed by atoms with Crippen LogP contribution in [0.3, 0.4) is 0 Å². The molecular formula is C7H15ClN2S. The number of rotatable bonds is 1. The van der Waals surface area contributed by atoms with E-state index in [1.807, 2.05) is 11.8 Å². The van der Waals surface area contributed by atoms with Crippen LogP contribution in [0.5, 0.6) is 0 Å². The molecule has 0 saturated heterocycles. The molecule has 11 heavy (non-hydrogen) atoms. The van der Waals surface area contributed by atoms with Crippen molar-refractivity contribution in [2.75, 3.05) is 11.5 Å². The van der Waals surface area contributed by atoms with Gasteiger partial charge in [0.05, 0.1) is 11.9 Å². The number of nitrogens with zero attached hydrogens (tertiary/aromatic N) is 1. The molecule has 4 heteroatoms. The van der Waals surface area contributed by atoms with Gasteiger partial charge in [-0.25, -0.2) is 0 Å². The summed E-state index contributed by atoms with van der Waals surface area (Å²) in [5.41, 5.74) is 5.64. The molecule has 1 aliphatic rings. The van der Waals surface area contributed by atoms with Crippen molar-refractivity contribution in [1.29, 1.82) is 0 Å². The molecule has 2 N–H and O–H groups in total. The SMILES string of the molecule is CCC1CSCCC(N)=N1.Cl. The number of aliphatic imine (C=N–C) groups is 1. The summed E-state index contributed by atoms with van der Waals surface area (Å²) in [7, 11) is 0. The summed E-state index contributed by atoms with van der Waals surface area (Å²) in [5, 5.41) is 0. The fraction of sp³-hybridized carbons (Fsp3) is 0.857. The fourth-order valence-electron chi connectivity index (χ4n) is 0.942. The second-order valence-corrected chi connectivity index (χ2v) is 3.66. The maximum atomic E-state index is 5.64. The minimum absolute atomic E-state index is 0. The van der Waals surface area contributed by atoms with Crippen molar-refractivity contribution in [2.24, 2.45) is 10.7 Å². The molecule has 1 atom stereocenters. The van der Waals surface area contributed by atoms with Crippen molar-refractivity contribution >= 4 is 30.0 Å². The standard InChI is InChI=1S/C7H14N2S.ClH/c1-2-6-5-10-4-3-7(8)9-6;/h6H,2-5H2,1H3,(H2,8,9);1H. The first-order chi connectivity index (χ1) is 4.83. The first-order valence-corrected chi connectivity index (χ1v) is 4.88. The van der Waals surface area contributed by atoms with Gasteiger partial charge in [0.1, 0.15) is 0 Å². The second-order valence-electron chi connectivity index (χ2n) is 2.51. The zero-order valence-corrected chi connectivity index (χ0v) is 8.38. The van der Waals surface area contributed by atoms with E-state index in [1.54, 1.807) is 0 Å². The van der Waals surface area contributed by atoms with Gasteiger partial charge in [-0.1, -0.05) is 6.92 Å². The molecule has 0 radical (unpaired) electrons. The van der Waals surface area contributed by atoms with Crippen LogP contribution in [-0.4, -0.2) is 23.4 Å². The summed E-state index contributed by atoms with van der Waals surface area (Å²) in [4.78, 5) is 4.37. The van der Waals surface area contributed by atoms with E-state index in [0.29, 0.717) is 6.04 Å². The van der Waals surface area contributed by atoms with Crippen LogP contribution in [-0.2, 0) is 0 Å². The van der Waals surface area contributed by atoms with Crippen LogP contribution in [0.2, 0.25) is 0 Å². The number of thioether (sulfide) groups is 1. The molecule has 1 rings (SSSR count). The van der Waals surface area contributed by atoms with Gasteiger partial charge >= 0.3 is 0 Å². The highest BCUT2D eigenvalue weighted by atomic mass is 35.5. The average Bonchev–Trinajstić information content (AvgIpc) is 2.13. The van der Waals surface area contributed by atoms with E-state index in [-0.39, 0.29) is 12.4 Å². The van der Waals surface area contributed by atoms with E-state index in [9.17, 15) is 0 Å². The van der Waals surface area contributed by atoms with Crippen molar-refractivity contribution in [3.8, 4) is 0 Å². The molecule has 1 heterocycles. The Kier molecular flexibility index (Phi) is 5.78. The fourth-order valence-corrected chi connectivity index (χ4v) is 2.04. The van der Waals surface area contributed by atoms with Crippen molar-refractivity contribution < 1.29 is 0 Å². The summed E-state index contributed by atoms with van der Waals surface area (Å²) < 4.78 is 0. The van der Waals surface area contributed by atoms with E-state index in [1.165, 1.54) is 0 Å². The smallest absolute Gasteiger partial charge is 0.0949 e. The number of hydrogen-bond acceptors (Lipinski definition) is 3. The lowest BCUT2D eigenvalue weighted by molar-refractivity contribution is 0.727. The summed E-state index contributed by atoms with van der Waals surface area (Å²) in [6.45, 7) is 2.16. The first-order valence-electron chi connectivity index (χ1n) is 3.72. The van der Waals surface area contributed by atoms with Crippen LogP contribution in [0.4, 0.5) is 0 Å². The predicted molar refractivity (Wildman–Crippen MR) is 54.9 cm³/mol. The average molecular weight is 195 g/mol. The van der Waals surface area contributed by atoms with E-state index in [0.717, 1.165) is 30.2 Å². The first kappa shape index (κ1) is 11.1. The van der Waals surface area contributed by atoms with Crippen molar-refractivity contribution in [3.05, 3.63) is 0 Å². The summed E-state index contributed by atoms with van der Waals surface area (Å²) in [5.74, 6) is 3.14. The molecule has 0 aromatic carbocycles. The Hall–Kier alpha value is 0.110. The van der Waals surface area contributed by atoms with E-state index in [2.05, 4.69) is 11.9 Å². The maximum absolute atomic E-state index is 5.64. The molecule has 2 nitrogen and oxygen atoms in total. The molecule has 0 spiro atoms. The largest absolute Gasteiger partial charge is 0.387 e. The van der Waals surface area contributed by atoms with Crippen molar-refractivity contribution in [1.82, 2.24) is 0 Å². The number of hydrogen-bond donors (Lipinski definition) is 1. The van der Waals surface area contributed by atoms with Gasteiger partial charge in [-0.3, -0.25) is 4.99 Å². The van der Waals surface area contributed by atoms with Gasteiger partial charge in [0, 0.05) is 17.9 Å². The third-order valence-electron chi connectivity index (χ3n) is 1.63. The summed E-state index contributed by atoms with van der Waals surface area (Å²) in [6, 6.07) is 0.479. The zero-order valence-electron chi connectivity index (χ0n) is 6.75. The van der Waals surface area contributed by atoms with Gasteiger partial charge in [-0.2, -0.15) is 11.8 Å². The highest BCUT2D eigenvalue weighted by Crippen LogP contribution is 2.13. The molecule has 0 saturated carbocycles. The molecule has 1 unspecified atom stereocenters. The lowest BCUT2D eigenvalue weighted by atomic mass is 10.3. The minimum atomic E-state index is 0. The Balaban J connectivity index is 0.000001000. The Morgan fingerprint density at radius 1 is 1.73 bits per heavy atom. The third kappa shape index (κ3) is 3.87. The minimum Gasteiger partial charge on any atom is -0.387 e. The lowest BCUT2D eigenvalue weighted by Gasteiger charge is -2.04. The monoisotopic (exact) mass is 194 g/mol. The van der Waals surface area contributed by atoms with Gasteiger partial charge in [0.25, 0.3) is 0 Å². The van der Waals surface area contributed by atoms with Gasteiger partial charge in [0.2, 0.25) is 0 Å². The molecule has 66 valence electrons. The Bertz CT molecular complexity index is 138. The number of halogens is 1. The molecule has 1 aliphatic heterocycles. The van der Waals surface area contributed by atoms with Crippen LogP contribution in [0, 0.1) is 0 Å². The van der Waals surface area contributed by atoms with Crippen molar-refractivity contribution in [3.63, 3.8) is 0 Å². The summed E-state index contributed by atoms with van der Waals surface area (Å²) >= 11 is 1.96. The zero-order chi connectivity index (χ0) is 7.40. The van der Waals surface area contributed by atoms with Crippen molar-refractivity contribution in [2.45, 2.75) is 25.8 Å². The molecule has 0 amide bonds. The molecule has 0 aromatic rings. The molecule has 0 fully saturated rings. The maximum Gasteiger partial charge on any atom is 0.0949 e. The van der Waals surface area contributed by atoms with Gasteiger partial charge in [-0.15, -0.1) is 12.4 Å². The Morgan fingerprint density at radius 2 is 2.45 bits per heavy atom. The quantitative estimate of drug-likeness (QED) is 0.690. The van der Waals surface area contributed by atoms with Crippen LogP contribution in [0.15, 0.2) is 4.99 Å². The van der Waals surface area contributed by atoms with Crippen LogP contribution in [0.25, 0.3) is 0 Å². The third-order valence-corrected chi connectivity index (χ3v) is 2.75. The molecule has 0 aromatic heterocycles. The van der Waals surface area contributed by atoms with Crippen LogP contribution >= 0.6 is 24.2 Å². The topological polar surface area (TPSA) is 38.4 Å².